The normalized spacial score (nSPS) is 11.4. The van der Waals surface area contributed by atoms with Crippen molar-refractivity contribution in [3.63, 3.8) is 0 Å². The van der Waals surface area contributed by atoms with E-state index in [1.165, 1.54) is 11.3 Å². The van der Waals surface area contributed by atoms with Gasteiger partial charge in [0.15, 0.2) is 0 Å². The number of aliphatic carboxylic acids is 1. The Kier molecular flexibility index (Phi) is 5.18. The van der Waals surface area contributed by atoms with Gasteiger partial charge >= 0.3 is 5.97 Å². The molecular formula is C15H22N2O2S. The second-order valence-corrected chi connectivity index (χ2v) is 6.98. The van der Waals surface area contributed by atoms with E-state index < -0.39 is 5.97 Å². The summed E-state index contributed by atoms with van der Waals surface area (Å²) < 4.78 is 0. The lowest BCUT2D eigenvalue weighted by atomic mass is 9.86. The molecule has 0 radical (unpaired) electrons. The van der Waals surface area contributed by atoms with Gasteiger partial charge in [-0.15, -0.1) is 11.3 Å². The highest BCUT2D eigenvalue weighted by Gasteiger charge is 2.26. The fourth-order valence-electron chi connectivity index (χ4n) is 2.03. The van der Waals surface area contributed by atoms with Crippen LogP contribution in [0.15, 0.2) is 5.38 Å². The summed E-state index contributed by atoms with van der Waals surface area (Å²) in [5.74, 6) is -0.818. The maximum absolute atomic E-state index is 10.8. The minimum Gasteiger partial charge on any atom is -0.481 e. The van der Waals surface area contributed by atoms with Gasteiger partial charge in [-0.25, -0.2) is 0 Å². The summed E-state index contributed by atoms with van der Waals surface area (Å²) in [5, 5.41) is 21.2. The van der Waals surface area contributed by atoms with Gasteiger partial charge in [0.1, 0.15) is 11.1 Å². The van der Waals surface area contributed by atoms with Crippen LogP contribution >= 0.6 is 11.3 Å². The van der Waals surface area contributed by atoms with Gasteiger partial charge in [-0.3, -0.25) is 4.79 Å². The number of hydrogen-bond donors (Lipinski definition) is 1. The van der Waals surface area contributed by atoms with Crippen LogP contribution in [0.4, 0.5) is 5.00 Å². The number of carboxylic acids is 1. The Labute approximate surface area is 124 Å². The molecule has 110 valence electrons. The van der Waals surface area contributed by atoms with Crippen molar-refractivity contribution < 1.29 is 9.90 Å². The summed E-state index contributed by atoms with van der Waals surface area (Å²) in [7, 11) is 0. The zero-order valence-electron chi connectivity index (χ0n) is 12.7. The first-order chi connectivity index (χ1) is 9.18. The molecule has 0 amide bonds. The number of rotatable bonds is 5. The number of thiophene rings is 1. The summed E-state index contributed by atoms with van der Waals surface area (Å²) in [6, 6.07) is 2.46. The number of anilines is 1. The molecule has 0 aliphatic heterocycles. The lowest BCUT2D eigenvalue weighted by Gasteiger charge is -2.28. The molecule has 0 unspecified atom stereocenters. The van der Waals surface area contributed by atoms with E-state index >= 15 is 0 Å². The smallest absolute Gasteiger partial charge is 0.305 e. The number of carboxylic acid groups (broad SMARTS) is 1. The number of carbonyl (C=O) groups is 1. The van der Waals surface area contributed by atoms with Gasteiger partial charge in [0.25, 0.3) is 0 Å². The molecule has 0 saturated heterocycles. The van der Waals surface area contributed by atoms with E-state index in [2.05, 4.69) is 26.8 Å². The molecule has 5 heteroatoms. The zero-order chi connectivity index (χ0) is 15.5. The van der Waals surface area contributed by atoms with Crippen LogP contribution in [0.1, 0.15) is 52.2 Å². The standard InChI is InChI=1S/C15H22N2O2S/c1-10(2)17(7-6-13(18)19)14-11(8-16)12(9-20-14)15(3,4)5/h9-10H,6-7H2,1-5H3,(H,18,19). The molecular weight excluding hydrogens is 272 g/mol. The average molecular weight is 294 g/mol. The van der Waals surface area contributed by atoms with Crippen LogP contribution in [0.25, 0.3) is 0 Å². The van der Waals surface area contributed by atoms with Gasteiger partial charge in [0, 0.05) is 12.6 Å². The number of hydrogen-bond acceptors (Lipinski definition) is 4. The van der Waals surface area contributed by atoms with Crippen LogP contribution in [0.5, 0.6) is 0 Å². The minimum absolute atomic E-state index is 0.0752. The predicted octanol–water partition coefficient (Wildman–Crippen LogP) is 3.61. The Bertz CT molecular complexity index is 521. The van der Waals surface area contributed by atoms with Crippen molar-refractivity contribution in [1.29, 1.82) is 5.26 Å². The summed E-state index contributed by atoms with van der Waals surface area (Å²) >= 11 is 1.53. The molecule has 0 aromatic carbocycles. The molecule has 1 aromatic heterocycles. The summed E-state index contributed by atoms with van der Waals surface area (Å²) in [6.07, 6.45) is 0.0752. The molecule has 1 rings (SSSR count). The third-order valence-electron chi connectivity index (χ3n) is 3.14. The fraction of sp³-hybridized carbons (Fsp3) is 0.600. The van der Waals surface area contributed by atoms with Gasteiger partial charge in [-0.1, -0.05) is 20.8 Å². The molecule has 1 heterocycles. The Hall–Kier alpha value is -1.54. The number of nitrogens with zero attached hydrogens (tertiary/aromatic N) is 2. The second-order valence-electron chi connectivity index (χ2n) is 6.12. The Morgan fingerprint density at radius 1 is 1.50 bits per heavy atom. The van der Waals surface area contributed by atoms with Crippen LogP contribution in [-0.2, 0) is 10.2 Å². The fourth-order valence-corrected chi connectivity index (χ4v) is 3.44. The molecule has 0 atom stereocenters. The van der Waals surface area contributed by atoms with E-state index in [-0.39, 0.29) is 17.9 Å². The Morgan fingerprint density at radius 3 is 2.50 bits per heavy atom. The second kappa shape index (κ2) is 6.27. The van der Waals surface area contributed by atoms with Crippen LogP contribution in [0, 0.1) is 11.3 Å². The van der Waals surface area contributed by atoms with Crippen LogP contribution in [-0.4, -0.2) is 23.7 Å². The quantitative estimate of drug-likeness (QED) is 0.901. The number of nitriles is 1. The molecule has 0 aliphatic rings. The molecule has 4 nitrogen and oxygen atoms in total. The van der Waals surface area contributed by atoms with Crippen molar-refractivity contribution in [3.05, 3.63) is 16.5 Å². The lowest BCUT2D eigenvalue weighted by Crippen LogP contribution is -2.33. The third-order valence-corrected chi connectivity index (χ3v) is 4.16. The van der Waals surface area contributed by atoms with Crippen molar-refractivity contribution in [3.8, 4) is 6.07 Å². The van der Waals surface area contributed by atoms with Gasteiger partial charge in [0.2, 0.25) is 0 Å². The highest BCUT2D eigenvalue weighted by atomic mass is 32.1. The molecule has 0 bridgehead atoms. The third kappa shape index (κ3) is 3.73. The van der Waals surface area contributed by atoms with Crippen molar-refractivity contribution >= 4 is 22.3 Å². The van der Waals surface area contributed by atoms with E-state index in [0.29, 0.717) is 12.1 Å². The van der Waals surface area contributed by atoms with E-state index in [4.69, 9.17) is 5.11 Å². The van der Waals surface area contributed by atoms with Gasteiger partial charge < -0.3 is 10.0 Å². The summed E-state index contributed by atoms with van der Waals surface area (Å²) in [5.41, 5.74) is 1.62. The van der Waals surface area contributed by atoms with E-state index in [0.717, 1.165) is 10.6 Å². The van der Waals surface area contributed by atoms with Crippen molar-refractivity contribution in [2.75, 3.05) is 11.4 Å². The van der Waals surface area contributed by atoms with Crippen LogP contribution in [0.2, 0.25) is 0 Å². The molecule has 0 saturated carbocycles. The summed E-state index contributed by atoms with van der Waals surface area (Å²) in [6.45, 7) is 10.7. The predicted molar refractivity (Wildman–Crippen MR) is 82.5 cm³/mol. The van der Waals surface area contributed by atoms with Crippen LogP contribution < -0.4 is 4.90 Å². The maximum atomic E-state index is 10.8. The molecule has 0 fully saturated rings. The topological polar surface area (TPSA) is 64.3 Å². The first kappa shape index (κ1) is 16.5. The van der Waals surface area contributed by atoms with Gasteiger partial charge in [0.05, 0.1) is 12.0 Å². The summed E-state index contributed by atoms with van der Waals surface area (Å²) in [4.78, 5) is 12.8. The first-order valence-corrected chi connectivity index (χ1v) is 7.57. The zero-order valence-corrected chi connectivity index (χ0v) is 13.5. The van der Waals surface area contributed by atoms with E-state index in [1.54, 1.807) is 0 Å². The Balaban J connectivity index is 3.19. The monoisotopic (exact) mass is 294 g/mol. The largest absolute Gasteiger partial charge is 0.481 e. The first-order valence-electron chi connectivity index (χ1n) is 6.69. The highest BCUT2D eigenvalue weighted by Crippen LogP contribution is 2.38. The van der Waals surface area contributed by atoms with E-state index in [1.807, 2.05) is 24.1 Å². The van der Waals surface area contributed by atoms with Crippen LogP contribution in [0.3, 0.4) is 0 Å². The molecule has 1 aromatic rings. The molecule has 0 spiro atoms. The van der Waals surface area contributed by atoms with Gasteiger partial charge in [-0.2, -0.15) is 5.26 Å². The minimum atomic E-state index is -0.818. The molecule has 0 aliphatic carbocycles. The Morgan fingerprint density at radius 2 is 2.10 bits per heavy atom. The molecule has 20 heavy (non-hydrogen) atoms. The SMILES string of the molecule is CC(C)N(CCC(=O)O)c1scc(C(C)(C)C)c1C#N. The average Bonchev–Trinajstić information content (AvgIpc) is 2.71. The lowest BCUT2D eigenvalue weighted by molar-refractivity contribution is -0.136. The van der Waals surface area contributed by atoms with Gasteiger partial charge in [-0.05, 0) is 30.2 Å². The highest BCUT2D eigenvalue weighted by molar-refractivity contribution is 7.14. The van der Waals surface area contributed by atoms with Crippen molar-refractivity contribution in [2.45, 2.75) is 52.5 Å². The molecule has 1 N–H and O–H groups in total. The van der Waals surface area contributed by atoms with E-state index in [9.17, 15) is 10.1 Å². The maximum Gasteiger partial charge on any atom is 0.305 e. The van der Waals surface area contributed by atoms with Crippen molar-refractivity contribution in [1.82, 2.24) is 0 Å². The van der Waals surface area contributed by atoms with Crippen molar-refractivity contribution in [2.24, 2.45) is 0 Å².